The second-order valence-corrected chi connectivity index (χ2v) is 11.1. The first-order valence-electron chi connectivity index (χ1n) is 11.3. The molecule has 0 bridgehead atoms. The second kappa shape index (κ2) is 9.26. The number of carbonyl (C=O) groups is 1. The van der Waals surface area contributed by atoms with Crippen molar-refractivity contribution in [2.45, 2.75) is 43.4 Å². The molecule has 1 saturated heterocycles. The average molecular weight is 474 g/mol. The van der Waals surface area contributed by atoms with Crippen LogP contribution in [-0.2, 0) is 19.3 Å². The third kappa shape index (κ3) is 4.67. The minimum Gasteiger partial charge on any atom is -0.377 e. The number of hydrogen-bond acceptors (Lipinski definition) is 7. The number of nitrogens with one attached hydrogen (secondary N) is 2. The van der Waals surface area contributed by atoms with E-state index in [0.29, 0.717) is 55.6 Å². The van der Waals surface area contributed by atoms with Crippen molar-refractivity contribution in [3.05, 3.63) is 36.0 Å². The zero-order valence-corrected chi connectivity index (χ0v) is 20.1. The third-order valence-corrected chi connectivity index (χ3v) is 8.63. The van der Waals surface area contributed by atoms with Crippen LogP contribution < -0.4 is 15.5 Å². The van der Waals surface area contributed by atoms with Crippen LogP contribution in [0.4, 0.5) is 16.3 Å². The fourth-order valence-corrected chi connectivity index (χ4v) is 6.19. The molecule has 2 aliphatic rings. The molecule has 1 saturated carbocycles. The highest BCUT2D eigenvalue weighted by atomic mass is 32.2. The SMILES string of the molecule is CNC(=O)Nc1ccc(-c2nc(N3CCOC[C@@H]3C)cc(C3(S(C)(=O)=O)CCCC3)n2)cc1. The Bertz CT molecular complexity index is 1110. The summed E-state index contributed by atoms with van der Waals surface area (Å²) in [4.78, 5) is 23.4. The van der Waals surface area contributed by atoms with E-state index in [1.54, 1.807) is 19.2 Å². The molecule has 2 aromatic rings. The Morgan fingerprint density at radius 2 is 1.88 bits per heavy atom. The maximum Gasteiger partial charge on any atom is 0.318 e. The van der Waals surface area contributed by atoms with E-state index >= 15 is 0 Å². The highest BCUT2D eigenvalue weighted by Crippen LogP contribution is 2.45. The number of hydrogen-bond donors (Lipinski definition) is 2. The van der Waals surface area contributed by atoms with E-state index in [0.717, 1.165) is 18.4 Å². The predicted octanol–water partition coefficient (Wildman–Crippen LogP) is 2.93. The van der Waals surface area contributed by atoms with Crippen molar-refractivity contribution in [2.75, 3.05) is 43.3 Å². The van der Waals surface area contributed by atoms with E-state index in [4.69, 9.17) is 14.7 Å². The lowest BCUT2D eigenvalue weighted by Gasteiger charge is -2.35. The highest BCUT2D eigenvalue weighted by Gasteiger charge is 2.47. The molecule has 1 aromatic carbocycles. The van der Waals surface area contributed by atoms with Crippen LogP contribution in [0.1, 0.15) is 38.3 Å². The molecule has 0 spiro atoms. The molecule has 1 aliphatic heterocycles. The molecule has 0 unspecified atom stereocenters. The van der Waals surface area contributed by atoms with Crippen molar-refractivity contribution >= 4 is 27.4 Å². The number of ether oxygens (including phenoxy) is 1. The number of carbonyl (C=O) groups excluding carboxylic acids is 1. The summed E-state index contributed by atoms with van der Waals surface area (Å²) in [5.74, 6) is 1.19. The van der Waals surface area contributed by atoms with E-state index in [1.807, 2.05) is 18.2 Å². The molecule has 178 valence electrons. The van der Waals surface area contributed by atoms with Gasteiger partial charge in [-0.05, 0) is 44.0 Å². The quantitative estimate of drug-likeness (QED) is 0.686. The highest BCUT2D eigenvalue weighted by molar-refractivity contribution is 7.91. The Labute approximate surface area is 194 Å². The maximum absolute atomic E-state index is 13.0. The van der Waals surface area contributed by atoms with Gasteiger partial charge in [0.15, 0.2) is 15.7 Å². The summed E-state index contributed by atoms with van der Waals surface area (Å²) in [5, 5.41) is 5.25. The van der Waals surface area contributed by atoms with E-state index in [9.17, 15) is 13.2 Å². The van der Waals surface area contributed by atoms with Crippen molar-refractivity contribution in [1.82, 2.24) is 15.3 Å². The molecule has 10 heteroatoms. The van der Waals surface area contributed by atoms with Gasteiger partial charge in [0.2, 0.25) is 0 Å². The molecule has 2 fully saturated rings. The minimum absolute atomic E-state index is 0.117. The first-order chi connectivity index (χ1) is 15.7. The van der Waals surface area contributed by atoms with E-state index < -0.39 is 14.6 Å². The summed E-state index contributed by atoms with van der Waals surface area (Å²) < 4.78 is 30.6. The van der Waals surface area contributed by atoms with Gasteiger partial charge in [-0.1, -0.05) is 12.8 Å². The van der Waals surface area contributed by atoms with Crippen molar-refractivity contribution < 1.29 is 17.9 Å². The van der Waals surface area contributed by atoms with Crippen molar-refractivity contribution in [3.8, 4) is 11.4 Å². The largest absolute Gasteiger partial charge is 0.377 e. The van der Waals surface area contributed by atoms with Crippen LogP contribution in [0.3, 0.4) is 0 Å². The van der Waals surface area contributed by atoms with Crippen LogP contribution >= 0.6 is 0 Å². The number of aromatic nitrogens is 2. The van der Waals surface area contributed by atoms with Gasteiger partial charge in [0.1, 0.15) is 10.6 Å². The number of amides is 2. The number of rotatable bonds is 5. The third-order valence-electron chi connectivity index (χ3n) is 6.59. The molecular weight excluding hydrogens is 442 g/mol. The topological polar surface area (TPSA) is 114 Å². The van der Waals surface area contributed by atoms with Crippen molar-refractivity contribution in [1.29, 1.82) is 0 Å². The van der Waals surface area contributed by atoms with Gasteiger partial charge in [0, 0.05) is 37.2 Å². The molecule has 2 N–H and O–H groups in total. The standard InChI is InChI=1S/C23H31N5O4S/c1-16-15-32-13-12-28(16)20-14-19(23(33(3,30)31)10-4-5-11-23)26-21(27-20)17-6-8-18(9-7-17)25-22(29)24-2/h6-9,14,16H,4-5,10-13,15H2,1-3H3,(H2,24,25,29)/t16-/m0/s1. The summed E-state index contributed by atoms with van der Waals surface area (Å²) in [6.07, 6.45) is 4.16. The summed E-state index contributed by atoms with van der Waals surface area (Å²) >= 11 is 0. The smallest absolute Gasteiger partial charge is 0.318 e. The molecule has 2 heterocycles. The first-order valence-corrected chi connectivity index (χ1v) is 13.2. The molecule has 0 radical (unpaired) electrons. The lowest BCUT2D eigenvalue weighted by Crippen LogP contribution is -2.44. The zero-order chi connectivity index (χ0) is 23.6. The number of morpholine rings is 1. The molecule has 2 amide bonds. The lowest BCUT2D eigenvalue weighted by atomic mass is 10.0. The second-order valence-electron chi connectivity index (χ2n) is 8.81. The summed E-state index contributed by atoms with van der Waals surface area (Å²) in [7, 11) is -1.83. The van der Waals surface area contributed by atoms with Gasteiger partial charge in [0.25, 0.3) is 0 Å². The van der Waals surface area contributed by atoms with Gasteiger partial charge in [-0.25, -0.2) is 23.2 Å². The van der Waals surface area contributed by atoms with E-state index in [-0.39, 0.29) is 12.1 Å². The molecular formula is C23H31N5O4S. The zero-order valence-electron chi connectivity index (χ0n) is 19.3. The van der Waals surface area contributed by atoms with Crippen LogP contribution in [0, 0.1) is 0 Å². The van der Waals surface area contributed by atoms with Gasteiger partial charge >= 0.3 is 6.03 Å². The predicted molar refractivity (Wildman–Crippen MR) is 128 cm³/mol. The molecule has 1 aromatic heterocycles. The number of anilines is 2. The Kier molecular flexibility index (Phi) is 6.58. The first kappa shape index (κ1) is 23.4. The summed E-state index contributed by atoms with van der Waals surface area (Å²) in [6.45, 7) is 3.93. The Hall–Kier alpha value is -2.72. The molecule has 1 aliphatic carbocycles. The molecule has 9 nitrogen and oxygen atoms in total. The van der Waals surface area contributed by atoms with Crippen LogP contribution in [0.15, 0.2) is 30.3 Å². The van der Waals surface area contributed by atoms with Gasteiger partial charge < -0.3 is 20.3 Å². The normalized spacial score (nSPS) is 20.5. The van der Waals surface area contributed by atoms with Gasteiger partial charge in [-0.15, -0.1) is 0 Å². The molecule has 33 heavy (non-hydrogen) atoms. The Morgan fingerprint density at radius 3 is 2.48 bits per heavy atom. The minimum atomic E-state index is -3.39. The van der Waals surface area contributed by atoms with Gasteiger partial charge in [0.05, 0.1) is 24.9 Å². The van der Waals surface area contributed by atoms with Crippen LogP contribution in [0.2, 0.25) is 0 Å². The number of sulfone groups is 1. The van der Waals surface area contributed by atoms with Crippen LogP contribution in [0.25, 0.3) is 11.4 Å². The Balaban J connectivity index is 1.81. The number of nitrogens with zero attached hydrogens (tertiary/aromatic N) is 3. The van der Waals surface area contributed by atoms with E-state index in [1.165, 1.54) is 6.26 Å². The monoisotopic (exact) mass is 473 g/mol. The van der Waals surface area contributed by atoms with E-state index in [2.05, 4.69) is 22.5 Å². The van der Waals surface area contributed by atoms with Gasteiger partial charge in [-0.2, -0.15) is 0 Å². The summed E-state index contributed by atoms with van der Waals surface area (Å²) in [5.41, 5.74) is 1.96. The number of urea groups is 1. The fraction of sp³-hybridized carbons (Fsp3) is 0.522. The lowest BCUT2D eigenvalue weighted by molar-refractivity contribution is 0.0985. The van der Waals surface area contributed by atoms with Crippen molar-refractivity contribution in [3.63, 3.8) is 0 Å². The summed E-state index contributed by atoms with van der Waals surface area (Å²) in [6, 6.07) is 8.89. The molecule has 1 atom stereocenters. The molecule has 4 rings (SSSR count). The van der Waals surface area contributed by atoms with Crippen molar-refractivity contribution in [2.24, 2.45) is 0 Å². The fourth-order valence-electron chi connectivity index (χ4n) is 4.67. The Morgan fingerprint density at radius 1 is 1.18 bits per heavy atom. The van der Waals surface area contributed by atoms with Crippen LogP contribution in [-0.4, -0.2) is 63.5 Å². The maximum atomic E-state index is 13.0. The average Bonchev–Trinajstić information content (AvgIpc) is 3.31. The van der Waals surface area contributed by atoms with Gasteiger partial charge in [-0.3, -0.25) is 0 Å². The van der Waals surface area contributed by atoms with Crippen LogP contribution in [0.5, 0.6) is 0 Å². The number of benzene rings is 1.